The first-order valence-corrected chi connectivity index (χ1v) is 5.04. The molecule has 1 aromatic rings. The van der Waals surface area contributed by atoms with Crippen LogP contribution in [0.5, 0.6) is 5.75 Å². The lowest BCUT2D eigenvalue weighted by Crippen LogP contribution is -2.23. The molecule has 17 heavy (non-hydrogen) atoms. The summed E-state index contributed by atoms with van der Waals surface area (Å²) >= 11 is 0. The van der Waals surface area contributed by atoms with Gasteiger partial charge >= 0.3 is 5.97 Å². The zero-order valence-corrected chi connectivity index (χ0v) is 9.88. The van der Waals surface area contributed by atoms with Gasteiger partial charge in [-0.2, -0.15) is 0 Å². The molecule has 0 fully saturated rings. The minimum atomic E-state index is -1.04. The summed E-state index contributed by atoms with van der Waals surface area (Å²) in [4.78, 5) is 10.7. The van der Waals surface area contributed by atoms with Crippen LogP contribution >= 0.6 is 0 Å². The molecule has 0 aliphatic rings. The predicted octanol–water partition coefficient (Wildman–Crippen LogP) is 2.73. The lowest BCUT2D eigenvalue weighted by Gasteiger charge is -2.24. The van der Waals surface area contributed by atoms with Crippen LogP contribution < -0.4 is 4.74 Å². The number of benzene rings is 1. The first kappa shape index (κ1) is 13.4. The van der Waals surface area contributed by atoms with E-state index in [0.29, 0.717) is 0 Å². The number of hydrogen-bond donors (Lipinski definition) is 1. The van der Waals surface area contributed by atoms with Gasteiger partial charge in [0, 0.05) is 5.41 Å². The van der Waals surface area contributed by atoms with Crippen molar-refractivity contribution in [3.05, 3.63) is 29.3 Å². The Hall–Kier alpha value is -1.65. The third-order valence-corrected chi connectivity index (χ3v) is 2.58. The minimum Gasteiger partial charge on any atom is -0.491 e. The summed E-state index contributed by atoms with van der Waals surface area (Å²) in [7, 11) is 1.16. The summed E-state index contributed by atoms with van der Waals surface area (Å²) in [6.45, 7) is 3.16. The number of ether oxygens (including phenoxy) is 1. The van der Waals surface area contributed by atoms with Gasteiger partial charge in [-0.25, -0.2) is 8.78 Å². The fourth-order valence-corrected chi connectivity index (χ4v) is 1.72. The quantitative estimate of drug-likeness (QED) is 0.885. The van der Waals surface area contributed by atoms with Crippen molar-refractivity contribution >= 4 is 5.97 Å². The van der Waals surface area contributed by atoms with Crippen molar-refractivity contribution in [1.29, 1.82) is 0 Å². The third-order valence-electron chi connectivity index (χ3n) is 2.58. The molecule has 0 unspecified atom stereocenters. The first-order valence-electron chi connectivity index (χ1n) is 5.04. The van der Waals surface area contributed by atoms with E-state index in [2.05, 4.69) is 4.74 Å². The zero-order chi connectivity index (χ0) is 13.2. The van der Waals surface area contributed by atoms with Crippen molar-refractivity contribution in [2.45, 2.75) is 25.7 Å². The van der Waals surface area contributed by atoms with Crippen molar-refractivity contribution < 1.29 is 23.4 Å². The van der Waals surface area contributed by atoms with Gasteiger partial charge in [-0.15, -0.1) is 0 Å². The molecule has 94 valence electrons. The molecule has 0 spiro atoms. The van der Waals surface area contributed by atoms with E-state index in [0.717, 1.165) is 13.2 Å². The largest absolute Gasteiger partial charge is 0.491 e. The van der Waals surface area contributed by atoms with Gasteiger partial charge in [0.15, 0.2) is 17.4 Å². The van der Waals surface area contributed by atoms with Crippen LogP contribution in [0.3, 0.4) is 0 Å². The zero-order valence-electron chi connectivity index (χ0n) is 9.88. The Morgan fingerprint density at radius 1 is 1.41 bits per heavy atom. The third kappa shape index (κ3) is 2.72. The van der Waals surface area contributed by atoms with E-state index in [1.807, 2.05) is 0 Å². The molecule has 0 heterocycles. The molecule has 0 amide bonds. The molecule has 0 aromatic heterocycles. The standard InChI is InChI=1S/C12H14F2O3/c1-12(2,6-9(15)16)7-4-5-8(13)11(17-3)10(7)14/h4-5H,6H2,1-3H3,(H,15,16). The van der Waals surface area contributed by atoms with E-state index in [-0.39, 0.29) is 12.0 Å². The van der Waals surface area contributed by atoms with Gasteiger partial charge in [-0.3, -0.25) is 4.79 Å². The highest BCUT2D eigenvalue weighted by atomic mass is 19.1. The molecule has 0 bridgehead atoms. The smallest absolute Gasteiger partial charge is 0.304 e. The molecular formula is C12H14F2O3. The fraction of sp³-hybridized carbons (Fsp3) is 0.417. The second-order valence-corrected chi connectivity index (χ2v) is 4.40. The number of halogens is 2. The molecule has 0 aliphatic carbocycles. The van der Waals surface area contributed by atoms with E-state index in [1.54, 1.807) is 13.8 Å². The average molecular weight is 244 g/mol. The molecule has 1 rings (SSSR count). The van der Waals surface area contributed by atoms with E-state index in [4.69, 9.17) is 5.11 Å². The van der Waals surface area contributed by atoms with Crippen LogP contribution in [0.25, 0.3) is 0 Å². The lowest BCUT2D eigenvalue weighted by atomic mass is 9.81. The number of methoxy groups -OCH3 is 1. The first-order chi connectivity index (χ1) is 7.79. The predicted molar refractivity (Wildman–Crippen MR) is 58.2 cm³/mol. The molecular weight excluding hydrogens is 230 g/mol. The summed E-state index contributed by atoms with van der Waals surface area (Å²) in [5.74, 6) is -3.18. The van der Waals surface area contributed by atoms with Gasteiger partial charge in [0.25, 0.3) is 0 Å². The van der Waals surface area contributed by atoms with Gasteiger partial charge in [-0.1, -0.05) is 19.9 Å². The van der Waals surface area contributed by atoms with E-state index in [1.165, 1.54) is 6.07 Å². The maximum absolute atomic E-state index is 13.9. The lowest BCUT2D eigenvalue weighted by molar-refractivity contribution is -0.138. The van der Waals surface area contributed by atoms with Crippen LogP contribution in [-0.2, 0) is 10.2 Å². The highest BCUT2D eigenvalue weighted by Crippen LogP contribution is 2.34. The molecule has 0 saturated carbocycles. The van der Waals surface area contributed by atoms with Gasteiger partial charge in [0.2, 0.25) is 0 Å². The van der Waals surface area contributed by atoms with Crippen molar-refractivity contribution in [2.75, 3.05) is 7.11 Å². The number of carboxylic acid groups (broad SMARTS) is 1. The van der Waals surface area contributed by atoms with E-state index >= 15 is 0 Å². The van der Waals surface area contributed by atoms with Gasteiger partial charge < -0.3 is 9.84 Å². The van der Waals surface area contributed by atoms with Crippen molar-refractivity contribution in [3.63, 3.8) is 0 Å². The Balaban J connectivity index is 3.27. The Morgan fingerprint density at radius 3 is 2.47 bits per heavy atom. The molecule has 5 heteroatoms. The molecule has 0 atom stereocenters. The summed E-state index contributed by atoms with van der Waals surface area (Å²) in [5, 5.41) is 8.75. The van der Waals surface area contributed by atoms with Crippen LogP contribution in [0.1, 0.15) is 25.8 Å². The number of aliphatic carboxylic acids is 1. The Morgan fingerprint density at radius 2 is 2.00 bits per heavy atom. The van der Waals surface area contributed by atoms with Crippen LogP contribution in [-0.4, -0.2) is 18.2 Å². The highest BCUT2D eigenvalue weighted by molar-refractivity contribution is 5.69. The Labute approximate surface area is 98.0 Å². The van der Waals surface area contributed by atoms with Crippen molar-refractivity contribution in [2.24, 2.45) is 0 Å². The van der Waals surface area contributed by atoms with E-state index < -0.39 is 28.8 Å². The number of carbonyl (C=O) groups is 1. The van der Waals surface area contributed by atoms with Crippen LogP contribution in [0, 0.1) is 11.6 Å². The summed E-state index contributed by atoms with van der Waals surface area (Å²) in [5.41, 5.74) is -0.810. The molecule has 1 N–H and O–H groups in total. The monoisotopic (exact) mass is 244 g/mol. The van der Waals surface area contributed by atoms with Gasteiger partial charge in [-0.05, 0) is 11.6 Å². The second kappa shape index (κ2) is 4.69. The van der Waals surface area contributed by atoms with Crippen LogP contribution in [0.4, 0.5) is 8.78 Å². The number of hydrogen-bond acceptors (Lipinski definition) is 2. The minimum absolute atomic E-state index is 0.123. The van der Waals surface area contributed by atoms with E-state index in [9.17, 15) is 13.6 Å². The summed E-state index contributed by atoms with van der Waals surface area (Å²) < 4.78 is 31.7. The second-order valence-electron chi connectivity index (χ2n) is 4.40. The van der Waals surface area contributed by atoms with Gasteiger partial charge in [0.05, 0.1) is 13.5 Å². The Kier molecular flexibility index (Phi) is 3.70. The molecule has 1 aromatic carbocycles. The molecule has 3 nitrogen and oxygen atoms in total. The normalized spacial score (nSPS) is 11.4. The SMILES string of the molecule is COc1c(F)ccc(C(C)(C)CC(=O)O)c1F. The summed E-state index contributed by atoms with van der Waals surface area (Å²) in [6, 6.07) is 2.32. The highest BCUT2D eigenvalue weighted by Gasteiger charge is 2.29. The Bertz CT molecular complexity index is 442. The average Bonchev–Trinajstić information content (AvgIpc) is 2.15. The van der Waals surface area contributed by atoms with Crippen molar-refractivity contribution in [1.82, 2.24) is 0 Å². The topological polar surface area (TPSA) is 46.5 Å². The van der Waals surface area contributed by atoms with Crippen LogP contribution in [0.2, 0.25) is 0 Å². The fourth-order valence-electron chi connectivity index (χ4n) is 1.72. The maximum atomic E-state index is 13.9. The number of carboxylic acids is 1. The maximum Gasteiger partial charge on any atom is 0.304 e. The molecule has 0 aliphatic heterocycles. The molecule has 0 radical (unpaired) electrons. The molecule has 0 saturated heterocycles. The van der Waals surface area contributed by atoms with Gasteiger partial charge in [0.1, 0.15) is 0 Å². The summed E-state index contributed by atoms with van der Waals surface area (Å²) in [6.07, 6.45) is -0.251. The number of rotatable bonds is 4. The van der Waals surface area contributed by atoms with Crippen molar-refractivity contribution in [3.8, 4) is 5.75 Å². The van der Waals surface area contributed by atoms with Crippen LogP contribution in [0.15, 0.2) is 12.1 Å².